The molecule has 1 unspecified atom stereocenters. The monoisotopic (exact) mass is 354 g/mol. The van der Waals surface area contributed by atoms with E-state index in [1.807, 2.05) is 12.1 Å². The molecule has 0 aromatic heterocycles. The summed E-state index contributed by atoms with van der Waals surface area (Å²) in [4.78, 5) is 0. The molecule has 1 atom stereocenters. The number of methoxy groups -OCH3 is 1. The normalized spacial score (nSPS) is 23.6. The molecular weight excluding hydrogens is 332 g/mol. The number of para-hydroxylation sites is 1. The lowest BCUT2D eigenvalue weighted by Gasteiger charge is -2.24. The highest BCUT2D eigenvalue weighted by molar-refractivity contribution is 9.08. The van der Waals surface area contributed by atoms with Crippen LogP contribution in [-0.2, 0) is 10.1 Å². The van der Waals surface area contributed by atoms with E-state index in [9.17, 15) is 0 Å². The van der Waals surface area contributed by atoms with Gasteiger partial charge in [-0.3, -0.25) is 0 Å². The van der Waals surface area contributed by atoms with Crippen LogP contribution >= 0.6 is 15.9 Å². The van der Waals surface area contributed by atoms with Crippen molar-refractivity contribution in [2.75, 3.05) is 13.7 Å². The average Bonchev–Trinajstić information content (AvgIpc) is 3.15. The number of hydrogen-bond acceptors (Lipinski definition) is 3. The van der Waals surface area contributed by atoms with Gasteiger partial charge in [0.2, 0.25) is 0 Å². The zero-order valence-corrected chi connectivity index (χ0v) is 14.2. The van der Waals surface area contributed by atoms with Crippen molar-refractivity contribution in [1.29, 1.82) is 0 Å². The van der Waals surface area contributed by atoms with Crippen LogP contribution in [0.4, 0.5) is 0 Å². The van der Waals surface area contributed by atoms with Crippen LogP contribution in [0.25, 0.3) is 0 Å². The number of halogens is 1. The lowest BCUT2D eigenvalue weighted by molar-refractivity contribution is -0.0511. The average molecular weight is 355 g/mol. The number of ether oxygens (including phenoxy) is 3. The van der Waals surface area contributed by atoms with Gasteiger partial charge in [0.25, 0.3) is 0 Å². The number of alkyl halides is 1. The van der Waals surface area contributed by atoms with Crippen LogP contribution in [0.5, 0.6) is 11.5 Å². The molecule has 3 rings (SSSR count). The van der Waals surface area contributed by atoms with Gasteiger partial charge >= 0.3 is 0 Å². The topological polar surface area (TPSA) is 27.7 Å². The minimum absolute atomic E-state index is 0.174. The molecule has 0 amide bonds. The van der Waals surface area contributed by atoms with E-state index in [2.05, 4.69) is 22.0 Å². The zero-order chi connectivity index (χ0) is 14.7. The van der Waals surface area contributed by atoms with Crippen molar-refractivity contribution in [3.8, 4) is 11.5 Å². The van der Waals surface area contributed by atoms with Crippen LogP contribution in [0.3, 0.4) is 0 Å². The molecule has 21 heavy (non-hydrogen) atoms. The molecule has 0 radical (unpaired) electrons. The highest BCUT2D eigenvalue weighted by Crippen LogP contribution is 2.43. The third kappa shape index (κ3) is 3.21. The van der Waals surface area contributed by atoms with Gasteiger partial charge in [0.15, 0.2) is 11.5 Å². The summed E-state index contributed by atoms with van der Waals surface area (Å²) in [5.41, 5.74) is 1.29. The van der Waals surface area contributed by atoms with Gasteiger partial charge < -0.3 is 14.2 Å². The summed E-state index contributed by atoms with van der Waals surface area (Å²) in [6, 6.07) is 5.98. The predicted octanol–water partition coefficient (Wildman–Crippen LogP) is 4.46. The first-order chi connectivity index (χ1) is 10.3. The van der Waals surface area contributed by atoms with Gasteiger partial charge in [-0.2, -0.15) is 0 Å². The van der Waals surface area contributed by atoms with Gasteiger partial charge in [0, 0.05) is 10.9 Å². The van der Waals surface area contributed by atoms with Crippen molar-refractivity contribution in [1.82, 2.24) is 0 Å². The first-order valence-electron chi connectivity index (χ1n) is 7.79. The highest BCUT2D eigenvalue weighted by atomic mass is 79.9. The Labute approximate surface area is 135 Å². The first kappa shape index (κ1) is 15.2. The molecule has 2 aliphatic rings. The quantitative estimate of drug-likeness (QED) is 0.730. The lowest BCUT2D eigenvalue weighted by atomic mass is 9.98. The molecule has 1 aromatic carbocycles. The summed E-state index contributed by atoms with van der Waals surface area (Å²) in [5.74, 6) is 1.63. The van der Waals surface area contributed by atoms with Crippen molar-refractivity contribution in [2.45, 2.75) is 55.6 Å². The van der Waals surface area contributed by atoms with Crippen LogP contribution in [0, 0.1) is 0 Å². The van der Waals surface area contributed by atoms with Crippen LogP contribution in [0.1, 0.15) is 44.1 Å². The maximum atomic E-state index is 6.30. The number of hydrogen-bond donors (Lipinski definition) is 0. The molecule has 0 bridgehead atoms. The molecule has 116 valence electrons. The third-order valence-corrected chi connectivity index (χ3v) is 5.30. The summed E-state index contributed by atoms with van der Waals surface area (Å²) in [7, 11) is 1.68. The first-order valence-corrected chi connectivity index (χ1v) is 8.91. The van der Waals surface area contributed by atoms with Gasteiger partial charge in [0.1, 0.15) is 6.61 Å². The lowest BCUT2D eigenvalue weighted by Crippen LogP contribution is -2.27. The van der Waals surface area contributed by atoms with Crippen LogP contribution in [0.2, 0.25) is 0 Å². The molecule has 2 fully saturated rings. The second-order valence-corrected chi connectivity index (χ2v) is 6.62. The fourth-order valence-corrected chi connectivity index (χ4v) is 4.01. The third-order valence-electron chi connectivity index (χ3n) is 4.69. The second-order valence-electron chi connectivity index (χ2n) is 6.06. The molecule has 0 N–H and O–H groups in total. The minimum Gasteiger partial charge on any atom is -0.493 e. The van der Waals surface area contributed by atoms with Crippen molar-refractivity contribution in [3.63, 3.8) is 0 Å². The fourth-order valence-electron chi connectivity index (χ4n) is 3.57. The van der Waals surface area contributed by atoms with E-state index in [1.165, 1.54) is 32.1 Å². The van der Waals surface area contributed by atoms with E-state index < -0.39 is 0 Å². The number of rotatable bonds is 5. The minimum atomic E-state index is 0.174. The second kappa shape index (κ2) is 6.57. The van der Waals surface area contributed by atoms with E-state index >= 15 is 0 Å². The molecular formula is C17H23BrO3. The van der Waals surface area contributed by atoms with Crippen molar-refractivity contribution in [2.24, 2.45) is 0 Å². The summed E-state index contributed by atoms with van der Waals surface area (Å²) in [6.07, 6.45) is 7.60. The Hall–Kier alpha value is -0.740. The molecule has 1 aliphatic carbocycles. The van der Waals surface area contributed by atoms with E-state index in [-0.39, 0.29) is 11.7 Å². The van der Waals surface area contributed by atoms with Gasteiger partial charge in [-0.05, 0) is 31.7 Å². The highest BCUT2D eigenvalue weighted by Gasteiger charge is 2.42. The smallest absolute Gasteiger partial charge is 0.165 e. The molecule has 1 spiro atoms. The molecule has 1 saturated carbocycles. The van der Waals surface area contributed by atoms with E-state index in [1.54, 1.807) is 7.11 Å². The van der Waals surface area contributed by atoms with E-state index in [4.69, 9.17) is 14.2 Å². The SMILES string of the molecule is COc1cccc(CBr)c1OCC1CCC2(CCCC2)O1. The Balaban J connectivity index is 1.63. The Kier molecular flexibility index (Phi) is 4.75. The standard InChI is InChI=1S/C17H23BrO3/c1-19-15-6-4-5-13(11-18)16(15)20-12-14-7-10-17(21-14)8-2-3-9-17/h4-6,14H,2-3,7-12H2,1H3. The van der Waals surface area contributed by atoms with Crippen molar-refractivity contribution < 1.29 is 14.2 Å². The zero-order valence-electron chi connectivity index (χ0n) is 12.6. The van der Waals surface area contributed by atoms with Crippen molar-refractivity contribution >= 4 is 15.9 Å². The summed E-state index contributed by atoms with van der Waals surface area (Å²) < 4.78 is 17.8. The van der Waals surface area contributed by atoms with Crippen LogP contribution < -0.4 is 9.47 Å². The Morgan fingerprint density at radius 3 is 2.81 bits per heavy atom. The fraction of sp³-hybridized carbons (Fsp3) is 0.647. The van der Waals surface area contributed by atoms with Crippen LogP contribution in [-0.4, -0.2) is 25.4 Å². The molecule has 1 saturated heterocycles. The molecule has 1 heterocycles. The largest absolute Gasteiger partial charge is 0.493 e. The molecule has 1 aliphatic heterocycles. The van der Waals surface area contributed by atoms with Gasteiger partial charge in [-0.15, -0.1) is 0 Å². The van der Waals surface area contributed by atoms with Crippen molar-refractivity contribution in [3.05, 3.63) is 23.8 Å². The predicted molar refractivity (Wildman–Crippen MR) is 86.4 cm³/mol. The van der Waals surface area contributed by atoms with Gasteiger partial charge in [0.05, 0.1) is 18.8 Å². The Bertz CT molecular complexity index is 461. The Morgan fingerprint density at radius 1 is 1.29 bits per heavy atom. The van der Waals surface area contributed by atoms with E-state index in [0.717, 1.165) is 28.8 Å². The summed E-state index contributed by atoms with van der Waals surface area (Å²) >= 11 is 3.51. The summed E-state index contributed by atoms with van der Waals surface area (Å²) in [6.45, 7) is 0.613. The van der Waals surface area contributed by atoms with Crippen LogP contribution in [0.15, 0.2) is 18.2 Å². The Morgan fingerprint density at radius 2 is 2.10 bits per heavy atom. The van der Waals surface area contributed by atoms with Gasteiger partial charge in [-0.1, -0.05) is 40.9 Å². The maximum Gasteiger partial charge on any atom is 0.165 e. The number of benzene rings is 1. The summed E-state index contributed by atoms with van der Waals surface area (Å²) in [5, 5.41) is 0.759. The molecule has 1 aromatic rings. The molecule has 4 heteroatoms. The maximum absolute atomic E-state index is 6.30. The van der Waals surface area contributed by atoms with E-state index in [0.29, 0.717) is 6.61 Å². The van der Waals surface area contributed by atoms with Gasteiger partial charge in [-0.25, -0.2) is 0 Å². The molecule has 3 nitrogen and oxygen atoms in total.